The number of piperidine rings is 1. The highest BCUT2D eigenvalue weighted by molar-refractivity contribution is 8.16. The number of halogens is 1. The lowest BCUT2D eigenvalue weighted by Crippen LogP contribution is -2.45. The Labute approximate surface area is 147 Å². The van der Waals surface area contributed by atoms with Gasteiger partial charge >= 0.3 is 0 Å². The summed E-state index contributed by atoms with van der Waals surface area (Å²) >= 11 is 4.03. The van der Waals surface area contributed by atoms with Gasteiger partial charge in [0, 0.05) is 18.2 Å². The number of nitrogens with one attached hydrogen (secondary N) is 2. The van der Waals surface area contributed by atoms with E-state index in [1.54, 1.807) is 0 Å². The Morgan fingerprint density at radius 1 is 1.14 bits per heavy atom. The summed E-state index contributed by atoms with van der Waals surface area (Å²) in [6.45, 7) is 1.96. The highest BCUT2D eigenvalue weighted by Crippen LogP contribution is 2.43. The number of hydrogen-bond acceptors (Lipinski definition) is 4. The summed E-state index contributed by atoms with van der Waals surface area (Å²) in [6.07, 6.45) is 3.52. The van der Waals surface area contributed by atoms with E-state index in [0.717, 1.165) is 31.5 Å². The van der Waals surface area contributed by atoms with E-state index in [0.29, 0.717) is 4.58 Å². The standard InChI is InChI=1S/C16H22N2OS2.ClH/c19-15(18-14-3-1-8-17-11-14)12-4-6-13(7-5-12)16-20-9-2-10-21-16;/h4-7,14,16-17H,1-3,8-11H2,(H,18,19);1H/t14-;/m0./s1. The van der Waals surface area contributed by atoms with Gasteiger partial charge < -0.3 is 10.6 Å². The van der Waals surface area contributed by atoms with Crippen LogP contribution in [-0.2, 0) is 0 Å². The minimum absolute atomic E-state index is 0. The smallest absolute Gasteiger partial charge is 0.251 e. The average Bonchev–Trinajstić information content (AvgIpc) is 2.57. The molecule has 0 aromatic heterocycles. The van der Waals surface area contributed by atoms with E-state index in [4.69, 9.17) is 0 Å². The van der Waals surface area contributed by atoms with Crippen molar-refractivity contribution < 1.29 is 4.79 Å². The van der Waals surface area contributed by atoms with Crippen LogP contribution in [0, 0.1) is 0 Å². The van der Waals surface area contributed by atoms with Crippen molar-refractivity contribution in [1.29, 1.82) is 0 Å². The van der Waals surface area contributed by atoms with Crippen LogP contribution in [0.25, 0.3) is 0 Å². The SMILES string of the molecule is Cl.O=C(N[C@H]1CCCNC1)c1ccc(C2SCCCS2)cc1. The predicted molar refractivity (Wildman–Crippen MR) is 99.3 cm³/mol. The van der Waals surface area contributed by atoms with Gasteiger partial charge in [-0.1, -0.05) is 12.1 Å². The molecule has 6 heteroatoms. The van der Waals surface area contributed by atoms with Crippen LogP contribution in [0.3, 0.4) is 0 Å². The molecule has 0 saturated carbocycles. The molecule has 2 aliphatic heterocycles. The van der Waals surface area contributed by atoms with Crippen LogP contribution >= 0.6 is 35.9 Å². The first-order valence-electron chi connectivity index (χ1n) is 7.68. The molecule has 1 atom stereocenters. The number of benzene rings is 1. The first kappa shape index (κ1) is 18.0. The summed E-state index contributed by atoms with van der Waals surface area (Å²) in [5, 5.41) is 6.45. The van der Waals surface area contributed by atoms with Gasteiger partial charge in [-0.15, -0.1) is 35.9 Å². The molecule has 3 rings (SSSR count). The van der Waals surface area contributed by atoms with E-state index in [2.05, 4.69) is 22.8 Å². The number of thioether (sulfide) groups is 2. The van der Waals surface area contributed by atoms with Crippen LogP contribution in [0.1, 0.15) is 39.8 Å². The zero-order chi connectivity index (χ0) is 14.5. The molecule has 122 valence electrons. The van der Waals surface area contributed by atoms with Gasteiger partial charge in [0.25, 0.3) is 5.91 Å². The van der Waals surface area contributed by atoms with Gasteiger partial charge in [-0.25, -0.2) is 0 Å². The van der Waals surface area contributed by atoms with E-state index in [-0.39, 0.29) is 24.4 Å². The quantitative estimate of drug-likeness (QED) is 0.868. The van der Waals surface area contributed by atoms with Crippen molar-refractivity contribution in [3.05, 3.63) is 35.4 Å². The van der Waals surface area contributed by atoms with Gasteiger partial charge in [-0.05, 0) is 55.0 Å². The molecule has 1 amide bonds. The molecular formula is C16H23ClN2OS2. The lowest BCUT2D eigenvalue weighted by atomic mass is 10.1. The predicted octanol–water partition coefficient (Wildman–Crippen LogP) is 3.46. The number of carbonyl (C=O) groups excluding carboxylic acids is 1. The first-order chi connectivity index (χ1) is 10.3. The highest BCUT2D eigenvalue weighted by Gasteiger charge is 2.18. The van der Waals surface area contributed by atoms with Gasteiger partial charge in [-0.2, -0.15) is 0 Å². The van der Waals surface area contributed by atoms with Crippen molar-refractivity contribution in [3.8, 4) is 0 Å². The maximum absolute atomic E-state index is 12.3. The molecule has 1 aromatic carbocycles. The van der Waals surface area contributed by atoms with Crippen molar-refractivity contribution in [2.45, 2.75) is 29.9 Å². The number of carbonyl (C=O) groups is 1. The van der Waals surface area contributed by atoms with Crippen LogP contribution in [0.4, 0.5) is 0 Å². The fraction of sp³-hybridized carbons (Fsp3) is 0.562. The zero-order valence-corrected chi connectivity index (χ0v) is 15.0. The van der Waals surface area contributed by atoms with Crippen LogP contribution in [0.2, 0.25) is 0 Å². The lowest BCUT2D eigenvalue weighted by Gasteiger charge is -2.24. The van der Waals surface area contributed by atoms with Crippen LogP contribution in [0.15, 0.2) is 24.3 Å². The van der Waals surface area contributed by atoms with Gasteiger partial charge in [0.2, 0.25) is 0 Å². The Bertz CT molecular complexity index is 472. The molecule has 0 bridgehead atoms. The molecule has 2 fully saturated rings. The molecule has 22 heavy (non-hydrogen) atoms. The molecule has 0 radical (unpaired) electrons. The summed E-state index contributed by atoms with van der Waals surface area (Å²) in [6, 6.07) is 8.44. The summed E-state index contributed by atoms with van der Waals surface area (Å²) in [7, 11) is 0. The van der Waals surface area contributed by atoms with Crippen molar-refractivity contribution in [1.82, 2.24) is 10.6 Å². The van der Waals surface area contributed by atoms with Crippen LogP contribution in [-0.4, -0.2) is 36.5 Å². The fourth-order valence-corrected chi connectivity index (χ4v) is 5.61. The number of amides is 1. The molecule has 0 unspecified atom stereocenters. The Kier molecular flexibility index (Phi) is 7.41. The molecule has 2 N–H and O–H groups in total. The zero-order valence-electron chi connectivity index (χ0n) is 12.5. The minimum atomic E-state index is 0. The van der Waals surface area contributed by atoms with Gasteiger partial charge in [-0.3, -0.25) is 4.79 Å². The van der Waals surface area contributed by atoms with E-state index in [9.17, 15) is 4.79 Å². The van der Waals surface area contributed by atoms with Crippen LogP contribution in [0.5, 0.6) is 0 Å². The fourth-order valence-electron chi connectivity index (χ4n) is 2.72. The monoisotopic (exact) mass is 358 g/mol. The molecule has 2 saturated heterocycles. The molecule has 1 aromatic rings. The van der Waals surface area contributed by atoms with E-state index in [1.165, 1.54) is 23.5 Å². The van der Waals surface area contributed by atoms with Crippen molar-refractivity contribution in [3.63, 3.8) is 0 Å². The maximum atomic E-state index is 12.3. The summed E-state index contributed by atoms with van der Waals surface area (Å²) in [5.74, 6) is 2.54. The maximum Gasteiger partial charge on any atom is 0.251 e. The Morgan fingerprint density at radius 2 is 1.86 bits per heavy atom. The second-order valence-electron chi connectivity index (χ2n) is 5.57. The summed E-state index contributed by atoms with van der Waals surface area (Å²) in [5.41, 5.74) is 2.11. The van der Waals surface area contributed by atoms with E-state index >= 15 is 0 Å². The minimum Gasteiger partial charge on any atom is -0.348 e. The van der Waals surface area contributed by atoms with Gasteiger partial charge in [0.1, 0.15) is 0 Å². The second kappa shape index (κ2) is 9.06. The van der Waals surface area contributed by atoms with Gasteiger partial charge in [0.15, 0.2) is 0 Å². The van der Waals surface area contributed by atoms with E-state index in [1.807, 2.05) is 35.7 Å². The second-order valence-corrected chi connectivity index (χ2v) is 8.29. The number of hydrogen-bond donors (Lipinski definition) is 2. The number of rotatable bonds is 3. The Balaban J connectivity index is 0.00000176. The third-order valence-corrected chi connectivity index (χ3v) is 6.92. The topological polar surface area (TPSA) is 41.1 Å². The molecule has 2 heterocycles. The Hall–Kier alpha value is -0.360. The largest absolute Gasteiger partial charge is 0.348 e. The Morgan fingerprint density at radius 3 is 2.50 bits per heavy atom. The molecular weight excluding hydrogens is 336 g/mol. The molecule has 0 aliphatic carbocycles. The molecule has 2 aliphatic rings. The van der Waals surface area contributed by atoms with E-state index < -0.39 is 0 Å². The molecule has 3 nitrogen and oxygen atoms in total. The van der Waals surface area contributed by atoms with Gasteiger partial charge in [0.05, 0.1) is 4.58 Å². The average molecular weight is 359 g/mol. The lowest BCUT2D eigenvalue weighted by molar-refractivity contribution is 0.0930. The third-order valence-electron chi connectivity index (χ3n) is 3.90. The highest BCUT2D eigenvalue weighted by atomic mass is 35.5. The van der Waals surface area contributed by atoms with Crippen molar-refractivity contribution in [2.24, 2.45) is 0 Å². The first-order valence-corrected chi connectivity index (χ1v) is 9.77. The van der Waals surface area contributed by atoms with Crippen molar-refractivity contribution >= 4 is 41.8 Å². The third kappa shape index (κ3) is 4.82. The van der Waals surface area contributed by atoms with Crippen LogP contribution < -0.4 is 10.6 Å². The summed E-state index contributed by atoms with van der Waals surface area (Å²) < 4.78 is 0.540. The summed E-state index contributed by atoms with van der Waals surface area (Å²) in [4.78, 5) is 12.3. The van der Waals surface area contributed by atoms with Crippen molar-refractivity contribution in [2.75, 3.05) is 24.6 Å². The molecule has 0 spiro atoms. The normalized spacial score (nSPS) is 22.6.